The number of aromatic nitrogens is 2. The number of benzene rings is 1. The molecular weight excluding hydrogens is 316 g/mol. The second-order valence-corrected chi connectivity index (χ2v) is 6.38. The van der Waals surface area contributed by atoms with Gasteiger partial charge in [0, 0.05) is 5.56 Å². The van der Waals surface area contributed by atoms with Crippen molar-refractivity contribution in [1.82, 2.24) is 9.97 Å². The van der Waals surface area contributed by atoms with Crippen LogP contribution in [-0.2, 0) is 6.42 Å². The molecule has 0 bridgehead atoms. The molecule has 0 saturated heterocycles. The minimum absolute atomic E-state index is 0.119. The molecule has 0 unspecified atom stereocenters. The number of aryl methyl sites for hydroxylation is 2. The molecule has 1 aromatic heterocycles. The fourth-order valence-electron chi connectivity index (χ4n) is 2.15. The zero-order valence-corrected chi connectivity index (χ0v) is 13.8. The third-order valence-electron chi connectivity index (χ3n) is 3.18. The number of hydrogen-bond acceptors (Lipinski definition) is 2. The van der Waals surface area contributed by atoms with E-state index < -0.39 is 0 Å². The Hall–Kier alpha value is -1.42. The van der Waals surface area contributed by atoms with Crippen molar-refractivity contribution < 1.29 is 0 Å². The van der Waals surface area contributed by atoms with Crippen LogP contribution in [0.15, 0.2) is 27.5 Å². The van der Waals surface area contributed by atoms with Crippen molar-refractivity contribution in [1.29, 1.82) is 0 Å². The summed E-state index contributed by atoms with van der Waals surface area (Å²) in [4.78, 5) is 19.6. The average Bonchev–Trinajstić information content (AvgIpc) is 2.37. The maximum atomic E-state index is 12.1. The predicted molar refractivity (Wildman–Crippen MR) is 86.0 cm³/mol. The smallest absolute Gasteiger partial charge is 0.265 e. The highest BCUT2D eigenvalue weighted by Gasteiger charge is 2.13. The van der Waals surface area contributed by atoms with Crippen LogP contribution in [-0.4, -0.2) is 9.97 Å². The third-order valence-corrected chi connectivity index (χ3v) is 4.00. The zero-order valence-electron chi connectivity index (χ0n) is 12.2. The molecule has 1 aromatic carbocycles. The Balaban J connectivity index is 2.60. The van der Waals surface area contributed by atoms with Gasteiger partial charge in [-0.2, -0.15) is 0 Å². The maximum absolute atomic E-state index is 12.1. The first-order valence-electron chi connectivity index (χ1n) is 6.74. The molecule has 0 saturated carbocycles. The van der Waals surface area contributed by atoms with E-state index in [1.54, 1.807) is 0 Å². The van der Waals surface area contributed by atoms with Gasteiger partial charge in [-0.25, -0.2) is 4.98 Å². The van der Waals surface area contributed by atoms with Gasteiger partial charge in [0.05, 0.1) is 5.69 Å². The van der Waals surface area contributed by atoms with E-state index in [1.807, 2.05) is 13.8 Å². The van der Waals surface area contributed by atoms with Crippen LogP contribution in [0.1, 0.15) is 30.7 Å². The molecule has 0 aliphatic heterocycles. The summed E-state index contributed by atoms with van der Waals surface area (Å²) in [5.74, 6) is 1.10. The summed E-state index contributed by atoms with van der Waals surface area (Å²) in [5, 5.41) is 0. The van der Waals surface area contributed by atoms with Crippen molar-refractivity contribution in [3.63, 3.8) is 0 Å². The second-order valence-electron chi connectivity index (χ2n) is 5.59. The molecule has 0 spiro atoms. The van der Waals surface area contributed by atoms with Gasteiger partial charge in [-0.05, 0) is 53.7 Å². The van der Waals surface area contributed by atoms with Crippen LogP contribution in [0.25, 0.3) is 11.4 Å². The van der Waals surface area contributed by atoms with E-state index in [2.05, 4.69) is 57.9 Å². The zero-order chi connectivity index (χ0) is 14.9. The molecule has 0 radical (unpaired) electrons. The minimum atomic E-state index is -0.119. The molecule has 0 aliphatic carbocycles. The van der Waals surface area contributed by atoms with Gasteiger partial charge in [-0.3, -0.25) is 4.79 Å². The summed E-state index contributed by atoms with van der Waals surface area (Å²) in [7, 11) is 0. The average molecular weight is 335 g/mol. The topological polar surface area (TPSA) is 45.8 Å². The molecule has 0 atom stereocenters. The Morgan fingerprint density at radius 3 is 2.65 bits per heavy atom. The summed E-state index contributed by atoms with van der Waals surface area (Å²) < 4.78 is 0.542. The van der Waals surface area contributed by atoms with Crippen molar-refractivity contribution in [3.05, 3.63) is 49.8 Å². The minimum Gasteiger partial charge on any atom is -0.306 e. The number of nitrogens with one attached hydrogen (secondary N) is 1. The molecule has 20 heavy (non-hydrogen) atoms. The summed E-state index contributed by atoms with van der Waals surface area (Å²) in [6, 6.07) is 6.17. The number of hydrogen-bond donors (Lipinski definition) is 1. The Morgan fingerprint density at radius 2 is 2.00 bits per heavy atom. The Labute approximate surface area is 127 Å². The van der Waals surface area contributed by atoms with Crippen molar-refractivity contribution in [2.45, 2.75) is 34.1 Å². The van der Waals surface area contributed by atoms with E-state index in [-0.39, 0.29) is 5.56 Å². The van der Waals surface area contributed by atoms with Crippen molar-refractivity contribution in [2.24, 2.45) is 5.92 Å². The third kappa shape index (κ3) is 3.18. The number of H-pyrrole nitrogens is 1. The molecule has 0 aliphatic rings. The molecule has 1 N–H and O–H groups in total. The van der Waals surface area contributed by atoms with E-state index in [0.717, 1.165) is 28.8 Å². The van der Waals surface area contributed by atoms with Crippen molar-refractivity contribution in [2.75, 3.05) is 0 Å². The second kappa shape index (κ2) is 5.92. The van der Waals surface area contributed by atoms with E-state index in [1.165, 1.54) is 0 Å². The lowest BCUT2D eigenvalue weighted by Gasteiger charge is -2.11. The normalized spacial score (nSPS) is 11.1. The summed E-state index contributed by atoms with van der Waals surface area (Å²) >= 11 is 3.34. The van der Waals surface area contributed by atoms with E-state index in [9.17, 15) is 4.79 Å². The monoisotopic (exact) mass is 334 g/mol. The Kier molecular flexibility index (Phi) is 4.43. The number of rotatable bonds is 3. The van der Waals surface area contributed by atoms with Crippen LogP contribution >= 0.6 is 15.9 Å². The number of aromatic amines is 1. The molecule has 0 amide bonds. The van der Waals surface area contributed by atoms with Crippen LogP contribution in [0.4, 0.5) is 0 Å². The lowest BCUT2D eigenvalue weighted by Crippen LogP contribution is -2.15. The Morgan fingerprint density at radius 1 is 1.30 bits per heavy atom. The first-order chi connectivity index (χ1) is 9.38. The lowest BCUT2D eigenvalue weighted by atomic mass is 10.0. The van der Waals surface area contributed by atoms with Crippen LogP contribution in [0.3, 0.4) is 0 Å². The summed E-state index contributed by atoms with van der Waals surface area (Å²) in [6.07, 6.45) is 0.780. The van der Waals surface area contributed by atoms with Gasteiger partial charge < -0.3 is 4.98 Å². The van der Waals surface area contributed by atoms with Gasteiger partial charge in [0.25, 0.3) is 5.56 Å². The molecule has 2 rings (SSSR count). The fourth-order valence-corrected chi connectivity index (χ4v) is 2.50. The van der Waals surface area contributed by atoms with Crippen molar-refractivity contribution >= 4 is 15.9 Å². The molecule has 3 nitrogen and oxygen atoms in total. The first-order valence-corrected chi connectivity index (χ1v) is 7.54. The highest BCUT2D eigenvalue weighted by molar-refractivity contribution is 9.10. The van der Waals surface area contributed by atoms with Crippen LogP contribution in [0, 0.1) is 19.8 Å². The molecule has 106 valence electrons. The number of halogens is 1. The van der Waals surface area contributed by atoms with Gasteiger partial charge in [0.1, 0.15) is 10.3 Å². The van der Waals surface area contributed by atoms with E-state index >= 15 is 0 Å². The molecule has 0 fully saturated rings. The molecular formula is C16H19BrN2O. The van der Waals surface area contributed by atoms with Crippen LogP contribution < -0.4 is 5.56 Å². The molecule has 4 heteroatoms. The van der Waals surface area contributed by atoms with E-state index in [0.29, 0.717) is 16.2 Å². The largest absolute Gasteiger partial charge is 0.306 e. The molecule has 1 heterocycles. The summed E-state index contributed by atoms with van der Waals surface area (Å²) in [5.41, 5.74) is 3.95. The Bertz CT molecular complexity index is 689. The quantitative estimate of drug-likeness (QED) is 0.921. The highest BCUT2D eigenvalue weighted by atomic mass is 79.9. The van der Waals surface area contributed by atoms with E-state index in [4.69, 9.17) is 0 Å². The van der Waals surface area contributed by atoms with Gasteiger partial charge in [0.2, 0.25) is 0 Å². The first kappa shape index (κ1) is 15.0. The lowest BCUT2D eigenvalue weighted by molar-refractivity contribution is 0.631. The fraction of sp³-hybridized carbons (Fsp3) is 0.375. The maximum Gasteiger partial charge on any atom is 0.265 e. The van der Waals surface area contributed by atoms with Gasteiger partial charge >= 0.3 is 0 Å². The SMILES string of the molecule is Cc1ccc(C)c(-c2nc(CC(C)C)c(Br)c(=O)[nH]2)c1. The van der Waals surface area contributed by atoms with Gasteiger partial charge in [0.15, 0.2) is 0 Å². The summed E-state index contributed by atoms with van der Waals surface area (Å²) in [6.45, 7) is 8.30. The van der Waals surface area contributed by atoms with Crippen LogP contribution in [0.5, 0.6) is 0 Å². The van der Waals surface area contributed by atoms with Gasteiger partial charge in [-0.1, -0.05) is 31.5 Å². The van der Waals surface area contributed by atoms with Gasteiger partial charge in [-0.15, -0.1) is 0 Å². The van der Waals surface area contributed by atoms with Crippen LogP contribution in [0.2, 0.25) is 0 Å². The standard InChI is InChI=1S/C16H19BrN2O/c1-9(2)7-13-14(17)16(20)19-15(18-13)12-8-10(3)5-6-11(12)4/h5-6,8-9H,7H2,1-4H3,(H,18,19,20). The van der Waals surface area contributed by atoms with Crippen molar-refractivity contribution in [3.8, 4) is 11.4 Å². The number of nitrogens with zero attached hydrogens (tertiary/aromatic N) is 1. The highest BCUT2D eigenvalue weighted by Crippen LogP contribution is 2.23. The molecule has 2 aromatic rings. The predicted octanol–water partition coefficient (Wildman–Crippen LogP) is 4.01.